The van der Waals surface area contributed by atoms with Crippen LogP contribution in [-0.2, 0) is 10.0 Å². The van der Waals surface area contributed by atoms with Gasteiger partial charge < -0.3 is 20.2 Å². The van der Waals surface area contributed by atoms with Crippen LogP contribution in [0.15, 0.2) is 60.8 Å². The molecule has 3 aromatic carbocycles. The number of aromatic nitrogens is 3. The van der Waals surface area contributed by atoms with E-state index in [1.54, 1.807) is 42.5 Å². The van der Waals surface area contributed by atoms with Crippen molar-refractivity contribution >= 4 is 57.8 Å². The predicted octanol–water partition coefficient (Wildman–Crippen LogP) is 7.29. The normalized spacial score (nSPS) is 15.9. The molecule has 51 heavy (non-hydrogen) atoms. The first-order valence-corrected chi connectivity index (χ1v) is 20.5. The Morgan fingerprint density at radius 2 is 1.84 bits per heavy atom. The van der Waals surface area contributed by atoms with Gasteiger partial charge in [0.25, 0.3) is 6.43 Å². The molecule has 0 bridgehead atoms. The number of benzene rings is 3. The molecule has 1 aliphatic heterocycles. The molecular formula is C36H35F3IN5O5S. The number of fused-ring (bicyclic) bond motifs is 1. The number of carbonyl (C=O) groups is 1. The summed E-state index contributed by atoms with van der Waals surface area (Å²) in [6, 6.07) is 14.7. The molecule has 3 N–H and O–H groups in total. The Bertz CT molecular complexity index is 2260. The maximum Gasteiger partial charge on any atom is 0.272 e. The number of nitrogens with one attached hydrogen (secondary N) is 1. The number of H-pyrrole nitrogens is 1. The minimum atomic E-state index is -3.31. The van der Waals surface area contributed by atoms with E-state index in [9.17, 15) is 26.4 Å². The van der Waals surface area contributed by atoms with Crippen molar-refractivity contribution < 1.29 is 35.9 Å². The van der Waals surface area contributed by atoms with Crippen LogP contribution in [0.1, 0.15) is 58.8 Å². The molecular weight excluding hydrogens is 798 g/mol. The zero-order chi connectivity index (χ0) is 36.0. The van der Waals surface area contributed by atoms with Gasteiger partial charge in [0, 0.05) is 27.6 Å². The summed E-state index contributed by atoms with van der Waals surface area (Å²) in [5, 5.41) is 4.74. The van der Waals surface area contributed by atoms with Crippen LogP contribution < -0.4 is 15.2 Å². The van der Waals surface area contributed by atoms with Crippen molar-refractivity contribution in [2.45, 2.75) is 50.2 Å². The second-order valence-electron chi connectivity index (χ2n) is 12.7. The Morgan fingerprint density at radius 3 is 2.53 bits per heavy atom. The number of hydrogen-bond acceptors (Lipinski definition) is 7. The molecule has 15 heteroatoms. The summed E-state index contributed by atoms with van der Waals surface area (Å²) in [4.78, 5) is 17.0. The number of nitrogens with zero attached hydrogens (tertiary/aromatic N) is 3. The van der Waals surface area contributed by atoms with Crippen LogP contribution in [-0.4, -0.2) is 69.2 Å². The van der Waals surface area contributed by atoms with Gasteiger partial charge in [0.2, 0.25) is 15.8 Å². The highest BCUT2D eigenvalue weighted by atomic mass is 127. The number of halogens is 4. The number of hydrogen-bond donors (Lipinski definition) is 2. The fraction of sp³-hybridized carbons (Fsp3) is 0.306. The molecule has 268 valence electrons. The molecule has 2 aromatic heterocycles. The van der Waals surface area contributed by atoms with Crippen molar-refractivity contribution in [2.24, 2.45) is 0 Å². The minimum Gasteiger partial charge on any atom is -0.487 e. The molecule has 1 aliphatic carbocycles. The number of ketones is 1. The van der Waals surface area contributed by atoms with Crippen LogP contribution in [0.4, 0.5) is 19.0 Å². The molecule has 1 saturated heterocycles. The molecule has 1 saturated carbocycles. The number of piperidine rings is 1. The number of nitrogens with two attached hydrogens (primary N) is 1. The van der Waals surface area contributed by atoms with Gasteiger partial charge in [-0.1, -0.05) is 37.4 Å². The molecule has 7 rings (SSSR count). The average molecular weight is 834 g/mol. The zero-order valence-corrected chi connectivity index (χ0v) is 30.5. The van der Waals surface area contributed by atoms with Crippen LogP contribution in [0.2, 0.25) is 0 Å². The number of rotatable bonds is 12. The van der Waals surface area contributed by atoms with E-state index in [0.29, 0.717) is 66.7 Å². The van der Waals surface area contributed by atoms with Gasteiger partial charge in [-0.15, -0.1) is 0 Å². The highest BCUT2D eigenvalue weighted by Crippen LogP contribution is 2.40. The molecule has 3 heterocycles. The van der Waals surface area contributed by atoms with Gasteiger partial charge >= 0.3 is 0 Å². The number of carbonyl (C=O) groups excluding carboxylic acids is 1. The Morgan fingerprint density at radius 1 is 1.10 bits per heavy atom. The predicted molar refractivity (Wildman–Crippen MR) is 198 cm³/mol. The first kappa shape index (κ1) is 35.2. The van der Waals surface area contributed by atoms with Crippen LogP contribution in [0, 0.1) is 16.3 Å². The van der Waals surface area contributed by atoms with E-state index in [1.165, 1.54) is 27.3 Å². The summed E-state index contributed by atoms with van der Waals surface area (Å²) < 4.78 is 85.6. The monoisotopic (exact) mass is 833 g/mol. The Kier molecular flexibility index (Phi) is 9.71. The SMILES string of the molecule is C=Ic1cc(Oc2ccccc2F)cc(C)c1-n1ncc(C(=O)c2cc3cc(OCC(F)F)c(C4CCN(S(=O)(=O)C5CC5)CC4)cc3[nH]2)c1N. The number of aromatic amines is 1. The van der Waals surface area contributed by atoms with Crippen LogP contribution in [0.3, 0.4) is 0 Å². The highest BCUT2D eigenvalue weighted by Gasteiger charge is 2.41. The molecule has 10 nitrogen and oxygen atoms in total. The lowest BCUT2D eigenvalue weighted by molar-refractivity contribution is 0.0811. The van der Waals surface area contributed by atoms with E-state index in [4.69, 9.17) is 15.2 Å². The van der Waals surface area contributed by atoms with Gasteiger partial charge in [-0.3, -0.25) is 4.79 Å². The van der Waals surface area contributed by atoms with Crippen molar-refractivity contribution in [3.8, 4) is 22.9 Å². The third-order valence-corrected chi connectivity index (χ3v) is 13.3. The smallest absolute Gasteiger partial charge is 0.272 e. The fourth-order valence-corrected chi connectivity index (χ4v) is 9.95. The number of sulfonamides is 1. The molecule has 0 unspecified atom stereocenters. The summed E-state index contributed by atoms with van der Waals surface area (Å²) in [5.74, 6) is -0.126. The molecule has 5 aromatic rings. The van der Waals surface area contributed by atoms with Crippen molar-refractivity contribution in [3.63, 3.8) is 0 Å². The lowest BCUT2D eigenvalue weighted by Crippen LogP contribution is -2.39. The van der Waals surface area contributed by atoms with E-state index in [-0.39, 0.29) is 39.7 Å². The number of ether oxygens (including phenoxy) is 2. The summed E-state index contributed by atoms with van der Waals surface area (Å²) in [6.45, 7) is 1.72. The van der Waals surface area contributed by atoms with Gasteiger partial charge in [-0.05, 0) is 92.1 Å². The number of anilines is 1. The van der Waals surface area contributed by atoms with Gasteiger partial charge in [0.15, 0.2) is 11.6 Å². The second kappa shape index (κ2) is 14.1. The third kappa shape index (κ3) is 7.02. The quantitative estimate of drug-likeness (QED) is 0.0997. The largest absolute Gasteiger partial charge is 0.487 e. The average Bonchev–Trinajstić information content (AvgIpc) is 3.80. The number of para-hydroxylation sites is 1. The number of alkyl halides is 2. The van der Waals surface area contributed by atoms with E-state index >= 15 is 0 Å². The summed E-state index contributed by atoms with van der Waals surface area (Å²) in [5.41, 5.74) is 9.61. The van der Waals surface area contributed by atoms with Gasteiger partial charge in [-0.2, -0.15) is 5.10 Å². The maximum atomic E-state index is 14.3. The number of aryl methyl sites for hydroxylation is 1. The Labute approximate surface area is 302 Å². The van der Waals surface area contributed by atoms with Gasteiger partial charge in [-0.25, -0.2) is 30.6 Å². The molecule has 0 atom stereocenters. The molecule has 0 radical (unpaired) electrons. The lowest BCUT2D eigenvalue weighted by Gasteiger charge is -2.32. The molecule has 0 amide bonds. The second-order valence-corrected chi connectivity index (χ2v) is 16.8. The summed E-state index contributed by atoms with van der Waals surface area (Å²) >= 11 is -0.786. The first-order valence-electron chi connectivity index (χ1n) is 16.3. The molecule has 2 aliphatic rings. The van der Waals surface area contributed by atoms with E-state index in [1.807, 2.05) is 6.92 Å². The molecule has 0 spiro atoms. The van der Waals surface area contributed by atoms with Crippen molar-refractivity contribution in [1.29, 1.82) is 0 Å². The first-order chi connectivity index (χ1) is 24.4. The van der Waals surface area contributed by atoms with E-state index in [2.05, 4.69) is 14.6 Å². The van der Waals surface area contributed by atoms with E-state index < -0.39 is 55.4 Å². The van der Waals surface area contributed by atoms with Crippen LogP contribution >= 0.6 is 20.7 Å². The maximum absolute atomic E-state index is 14.3. The van der Waals surface area contributed by atoms with Crippen molar-refractivity contribution in [1.82, 2.24) is 19.1 Å². The molecule has 2 fully saturated rings. The minimum absolute atomic E-state index is 0.0900. The standard InChI is InChI=1S/C36H35F3IN5O5S/c1-20-13-23(50-31-6-4-3-5-27(31)37)16-28(40-2)34(20)45-36(41)26(18-42-45)35(46)30-14-22-15-32(49-19-33(38)39)25(17-29(22)43-30)21-9-11-44(12-10-21)51(47,48)24-7-8-24/h3-6,13-18,21,24,33,43H,2,7-12,19,41H2,1H3. The lowest BCUT2D eigenvalue weighted by atomic mass is 9.89. The fourth-order valence-electron chi connectivity index (χ4n) is 6.54. The van der Waals surface area contributed by atoms with E-state index in [0.717, 1.165) is 9.13 Å². The highest BCUT2D eigenvalue weighted by molar-refractivity contribution is 14.2. The van der Waals surface area contributed by atoms with Gasteiger partial charge in [0.05, 0.1) is 28.4 Å². The Hall–Kier alpha value is -4.22. The number of nitrogen functional groups attached to an aromatic ring is 1. The topological polar surface area (TPSA) is 133 Å². The van der Waals surface area contributed by atoms with Crippen molar-refractivity contribution in [2.75, 3.05) is 25.4 Å². The summed E-state index contributed by atoms with van der Waals surface area (Å²) in [7, 11) is -3.31. The van der Waals surface area contributed by atoms with Crippen LogP contribution in [0.25, 0.3) is 16.6 Å². The third-order valence-electron chi connectivity index (χ3n) is 9.26. The van der Waals surface area contributed by atoms with Gasteiger partial charge in [0.1, 0.15) is 23.9 Å². The van der Waals surface area contributed by atoms with Crippen LogP contribution in [0.5, 0.6) is 17.2 Å². The van der Waals surface area contributed by atoms with Crippen molar-refractivity contribution in [3.05, 3.63) is 92.6 Å². The zero-order valence-electron chi connectivity index (χ0n) is 27.5. The Balaban J connectivity index is 1.17. The summed E-state index contributed by atoms with van der Waals surface area (Å²) in [6.07, 6.45) is 1.10.